The molecular formula is C14H22N2S. The van der Waals surface area contributed by atoms with E-state index in [0.717, 1.165) is 4.64 Å². The van der Waals surface area contributed by atoms with Crippen LogP contribution in [-0.4, -0.2) is 22.5 Å². The molecule has 1 fully saturated rings. The Labute approximate surface area is 109 Å². The molecule has 0 aromatic carbocycles. The van der Waals surface area contributed by atoms with Gasteiger partial charge in [0.15, 0.2) is 0 Å². The Balaban J connectivity index is 2.29. The molecule has 3 heteroatoms. The number of piperidine rings is 1. The monoisotopic (exact) mass is 250 g/mol. The van der Waals surface area contributed by atoms with Crippen molar-refractivity contribution in [1.29, 1.82) is 0 Å². The van der Waals surface area contributed by atoms with E-state index in [9.17, 15) is 0 Å². The standard InChI is InChI=1S/C14H22N2S/c1-10(2)16-7-5-4-6-13(16)12-8-11(3)14(17)15-9-12/h8-10,13H,4-7H2,1-3H3,(H,15,17)/t13-/m0/s1. The molecule has 0 aliphatic carbocycles. The van der Waals surface area contributed by atoms with Gasteiger partial charge >= 0.3 is 0 Å². The van der Waals surface area contributed by atoms with Crippen molar-refractivity contribution in [2.45, 2.75) is 52.1 Å². The normalized spacial score (nSPS) is 22.0. The van der Waals surface area contributed by atoms with Crippen LogP contribution in [0.2, 0.25) is 0 Å². The summed E-state index contributed by atoms with van der Waals surface area (Å²) >= 11 is 5.23. The lowest BCUT2D eigenvalue weighted by molar-refractivity contribution is 0.112. The van der Waals surface area contributed by atoms with Gasteiger partial charge in [-0.05, 0) is 51.3 Å². The molecule has 94 valence electrons. The first-order valence-electron chi connectivity index (χ1n) is 6.54. The Morgan fingerprint density at radius 2 is 2.18 bits per heavy atom. The van der Waals surface area contributed by atoms with Gasteiger partial charge in [-0.1, -0.05) is 24.7 Å². The van der Waals surface area contributed by atoms with Gasteiger partial charge in [0.2, 0.25) is 0 Å². The van der Waals surface area contributed by atoms with Crippen molar-refractivity contribution in [3.63, 3.8) is 0 Å². The molecule has 0 amide bonds. The number of pyridine rings is 1. The predicted molar refractivity (Wildman–Crippen MR) is 74.8 cm³/mol. The summed E-state index contributed by atoms with van der Waals surface area (Å²) in [5.41, 5.74) is 2.58. The molecule has 1 aromatic heterocycles. The van der Waals surface area contributed by atoms with Gasteiger partial charge in [0.1, 0.15) is 4.64 Å². The summed E-state index contributed by atoms with van der Waals surface area (Å²) in [6.07, 6.45) is 6.03. The quantitative estimate of drug-likeness (QED) is 0.800. The Hall–Kier alpha value is -0.670. The first-order chi connectivity index (χ1) is 8.09. The largest absolute Gasteiger partial charge is 0.352 e. The molecule has 0 saturated carbocycles. The number of hydrogen-bond acceptors (Lipinski definition) is 2. The van der Waals surface area contributed by atoms with Gasteiger partial charge in [0.25, 0.3) is 0 Å². The predicted octanol–water partition coefficient (Wildman–Crippen LogP) is 3.99. The summed E-state index contributed by atoms with van der Waals surface area (Å²) in [6.45, 7) is 7.88. The summed E-state index contributed by atoms with van der Waals surface area (Å²) in [4.78, 5) is 5.82. The number of nitrogens with zero attached hydrogens (tertiary/aromatic N) is 1. The highest BCUT2D eigenvalue weighted by Crippen LogP contribution is 2.32. The van der Waals surface area contributed by atoms with Crippen LogP contribution in [0.25, 0.3) is 0 Å². The summed E-state index contributed by atoms with van der Waals surface area (Å²) in [7, 11) is 0. The molecule has 1 saturated heterocycles. The SMILES string of the molecule is Cc1cc([C@@H]2CCCCN2C(C)C)c[nH]c1=S. The third kappa shape index (κ3) is 2.78. The molecule has 1 N–H and O–H groups in total. The lowest BCUT2D eigenvalue weighted by Crippen LogP contribution is -2.38. The van der Waals surface area contributed by atoms with Crippen LogP contribution in [0.3, 0.4) is 0 Å². The van der Waals surface area contributed by atoms with Gasteiger partial charge in [-0.15, -0.1) is 0 Å². The maximum Gasteiger partial charge on any atom is 0.106 e. The average Bonchev–Trinajstić information content (AvgIpc) is 2.32. The van der Waals surface area contributed by atoms with Crippen molar-refractivity contribution in [2.75, 3.05) is 6.54 Å². The minimum Gasteiger partial charge on any atom is -0.352 e. The second-order valence-electron chi connectivity index (χ2n) is 5.29. The molecule has 0 bridgehead atoms. The Morgan fingerprint density at radius 3 is 2.82 bits per heavy atom. The molecule has 17 heavy (non-hydrogen) atoms. The molecule has 1 aliphatic rings. The number of hydrogen-bond donors (Lipinski definition) is 1. The van der Waals surface area contributed by atoms with Crippen molar-refractivity contribution in [1.82, 2.24) is 9.88 Å². The van der Waals surface area contributed by atoms with Gasteiger partial charge in [0, 0.05) is 18.3 Å². The van der Waals surface area contributed by atoms with E-state index in [0.29, 0.717) is 12.1 Å². The van der Waals surface area contributed by atoms with Crippen molar-refractivity contribution in [3.8, 4) is 0 Å². The Bertz CT molecular complexity index is 436. The number of likely N-dealkylation sites (tertiary alicyclic amines) is 1. The van der Waals surface area contributed by atoms with Crippen molar-refractivity contribution in [3.05, 3.63) is 28.0 Å². The van der Waals surface area contributed by atoms with Crippen LogP contribution in [0, 0.1) is 11.6 Å². The van der Waals surface area contributed by atoms with Gasteiger partial charge in [0.05, 0.1) is 0 Å². The molecule has 2 rings (SSSR count). The fraction of sp³-hybridized carbons (Fsp3) is 0.643. The van der Waals surface area contributed by atoms with Crippen LogP contribution in [0.1, 0.15) is 50.3 Å². The first-order valence-corrected chi connectivity index (χ1v) is 6.95. The highest BCUT2D eigenvalue weighted by atomic mass is 32.1. The third-order valence-electron chi connectivity index (χ3n) is 3.70. The van der Waals surface area contributed by atoms with E-state index in [-0.39, 0.29) is 0 Å². The molecule has 2 heterocycles. The van der Waals surface area contributed by atoms with Crippen molar-refractivity contribution < 1.29 is 0 Å². The second kappa shape index (κ2) is 5.32. The molecule has 0 unspecified atom stereocenters. The summed E-state index contributed by atoms with van der Waals surface area (Å²) in [5, 5.41) is 0. The Morgan fingerprint density at radius 1 is 1.41 bits per heavy atom. The van der Waals surface area contributed by atoms with E-state index < -0.39 is 0 Å². The first kappa shape index (κ1) is 12.8. The third-order valence-corrected chi connectivity index (χ3v) is 4.14. The number of aromatic amines is 1. The lowest BCUT2D eigenvalue weighted by atomic mass is 9.94. The van der Waals surface area contributed by atoms with Crippen LogP contribution in [-0.2, 0) is 0 Å². The summed E-state index contributed by atoms with van der Waals surface area (Å²) < 4.78 is 0.862. The highest BCUT2D eigenvalue weighted by Gasteiger charge is 2.25. The topological polar surface area (TPSA) is 19.0 Å². The zero-order valence-electron chi connectivity index (χ0n) is 11.0. The molecule has 2 nitrogen and oxygen atoms in total. The smallest absolute Gasteiger partial charge is 0.106 e. The number of aromatic nitrogens is 1. The average molecular weight is 250 g/mol. The Kier molecular flexibility index (Phi) is 4.00. The van der Waals surface area contributed by atoms with Crippen LogP contribution in [0.4, 0.5) is 0 Å². The maximum absolute atomic E-state index is 5.23. The van der Waals surface area contributed by atoms with Gasteiger partial charge in [-0.2, -0.15) is 0 Å². The summed E-state index contributed by atoms with van der Waals surface area (Å²) in [6, 6.07) is 3.43. The van der Waals surface area contributed by atoms with Gasteiger partial charge < -0.3 is 4.98 Å². The maximum atomic E-state index is 5.23. The van der Waals surface area contributed by atoms with Crippen LogP contribution in [0.5, 0.6) is 0 Å². The van der Waals surface area contributed by atoms with E-state index in [2.05, 4.69) is 42.9 Å². The van der Waals surface area contributed by atoms with Gasteiger partial charge in [-0.25, -0.2) is 0 Å². The zero-order chi connectivity index (χ0) is 12.4. The van der Waals surface area contributed by atoms with E-state index in [1.807, 2.05) is 0 Å². The van der Waals surface area contributed by atoms with Crippen LogP contribution < -0.4 is 0 Å². The molecular weight excluding hydrogens is 228 g/mol. The molecule has 1 atom stereocenters. The molecule has 0 spiro atoms. The molecule has 1 aromatic rings. The van der Waals surface area contributed by atoms with E-state index in [4.69, 9.17) is 12.2 Å². The van der Waals surface area contributed by atoms with E-state index in [1.165, 1.54) is 36.9 Å². The van der Waals surface area contributed by atoms with Crippen LogP contribution in [0.15, 0.2) is 12.3 Å². The highest BCUT2D eigenvalue weighted by molar-refractivity contribution is 7.71. The summed E-state index contributed by atoms with van der Waals surface area (Å²) in [5.74, 6) is 0. The van der Waals surface area contributed by atoms with Gasteiger partial charge in [-0.3, -0.25) is 4.90 Å². The van der Waals surface area contributed by atoms with Crippen LogP contribution >= 0.6 is 12.2 Å². The van der Waals surface area contributed by atoms with Crippen molar-refractivity contribution >= 4 is 12.2 Å². The molecule has 0 radical (unpaired) electrons. The lowest BCUT2D eigenvalue weighted by Gasteiger charge is -2.39. The fourth-order valence-corrected chi connectivity index (χ4v) is 2.86. The number of aryl methyl sites for hydroxylation is 1. The molecule has 1 aliphatic heterocycles. The fourth-order valence-electron chi connectivity index (χ4n) is 2.74. The number of H-pyrrole nitrogens is 1. The number of rotatable bonds is 2. The minimum atomic E-state index is 0.564. The zero-order valence-corrected chi connectivity index (χ0v) is 11.8. The van der Waals surface area contributed by atoms with E-state index >= 15 is 0 Å². The second-order valence-corrected chi connectivity index (χ2v) is 5.70. The van der Waals surface area contributed by atoms with Crippen molar-refractivity contribution in [2.24, 2.45) is 0 Å². The minimum absolute atomic E-state index is 0.564. The number of nitrogens with one attached hydrogen (secondary N) is 1. The van der Waals surface area contributed by atoms with E-state index in [1.54, 1.807) is 0 Å².